The molecule has 0 N–H and O–H groups in total. The zero-order chi connectivity index (χ0) is 16.8. The zero-order valence-corrected chi connectivity index (χ0v) is 14.1. The van der Waals surface area contributed by atoms with E-state index >= 15 is 0 Å². The lowest BCUT2D eigenvalue weighted by atomic mass is 10.2. The molecular formula is C19H17N3OS. The van der Waals surface area contributed by atoms with Crippen molar-refractivity contribution in [1.82, 2.24) is 14.9 Å². The maximum Gasteiger partial charge on any atom is 0.255 e. The third-order valence-electron chi connectivity index (χ3n) is 3.45. The number of amides is 1. The second-order valence-corrected chi connectivity index (χ2v) is 6.38. The highest BCUT2D eigenvalue weighted by Crippen LogP contribution is 2.30. The SMILES string of the molecule is CN(Cc1cnccn1)C(=O)c1ccccc1Sc1ccccc1. The van der Waals surface area contributed by atoms with Crippen molar-refractivity contribution in [1.29, 1.82) is 0 Å². The summed E-state index contributed by atoms with van der Waals surface area (Å²) < 4.78 is 0. The molecule has 1 amide bonds. The molecule has 0 saturated carbocycles. The van der Waals surface area contributed by atoms with E-state index in [0.29, 0.717) is 12.1 Å². The minimum Gasteiger partial charge on any atom is -0.336 e. The summed E-state index contributed by atoms with van der Waals surface area (Å²) in [5.74, 6) is -0.0281. The highest BCUT2D eigenvalue weighted by atomic mass is 32.2. The van der Waals surface area contributed by atoms with Gasteiger partial charge in [-0.25, -0.2) is 0 Å². The van der Waals surface area contributed by atoms with Gasteiger partial charge in [-0.2, -0.15) is 0 Å². The van der Waals surface area contributed by atoms with Crippen molar-refractivity contribution in [2.75, 3.05) is 7.05 Å². The molecule has 1 heterocycles. The Morgan fingerprint density at radius 2 is 1.79 bits per heavy atom. The van der Waals surface area contributed by atoms with Gasteiger partial charge in [0.1, 0.15) is 0 Å². The maximum atomic E-state index is 12.8. The van der Waals surface area contributed by atoms with Crippen LogP contribution in [0.4, 0.5) is 0 Å². The van der Waals surface area contributed by atoms with Gasteiger partial charge < -0.3 is 4.90 Å². The first-order valence-corrected chi connectivity index (χ1v) is 8.38. The van der Waals surface area contributed by atoms with Gasteiger partial charge in [0.25, 0.3) is 5.91 Å². The van der Waals surface area contributed by atoms with Gasteiger partial charge in [-0.15, -0.1) is 0 Å². The number of rotatable bonds is 5. The van der Waals surface area contributed by atoms with Crippen LogP contribution in [0.5, 0.6) is 0 Å². The Labute approximate surface area is 145 Å². The van der Waals surface area contributed by atoms with Gasteiger partial charge in [-0.1, -0.05) is 42.1 Å². The van der Waals surface area contributed by atoms with E-state index in [2.05, 4.69) is 9.97 Å². The maximum absolute atomic E-state index is 12.8. The van der Waals surface area contributed by atoms with E-state index in [1.54, 1.807) is 42.3 Å². The van der Waals surface area contributed by atoms with Crippen LogP contribution in [0.2, 0.25) is 0 Å². The summed E-state index contributed by atoms with van der Waals surface area (Å²) in [6.45, 7) is 0.428. The largest absolute Gasteiger partial charge is 0.336 e. The number of benzene rings is 2. The Bertz CT molecular complexity index is 809. The fourth-order valence-corrected chi connectivity index (χ4v) is 3.24. The topological polar surface area (TPSA) is 46.1 Å². The van der Waals surface area contributed by atoms with Crippen LogP contribution in [-0.2, 0) is 6.54 Å². The molecule has 0 fully saturated rings. The van der Waals surface area contributed by atoms with E-state index in [9.17, 15) is 4.79 Å². The monoisotopic (exact) mass is 335 g/mol. The lowest BCUT2D eigenvalue weighted by Crippen LogP contribution is -2.27. The second kappa shape index (κ2) is 7.75. The van der Waals surface area contributed by atoms with Crippen molar-refractivity contribution in [3.8, 4) is 0 Å². The third kappa shape index (κ3) is 4.00. The van der Waals surface area contributed by atoms with Crippen LogP contribution in [0.3, 0.4) is 0 Å². The minimum atomic E-state index is -0.0281. The number of carbonyl (C=O) groups is 1. The molecule has 0 unspecified atom stereocenters. The lowest BCUT2D eigenvalue weighted by molar-refractivity contribution is 0.0780. The van der Waals surface area contributed by atoms with Crippen molar-refractivity contribution < 1.29 is 4.79 Å². The molecule has 3 aromatic rings. The molecule has 0 atom stereocenters. The van der Waals surface area contributed by atoms with Gasteiger partial charge in [-0.3, -0.25) is 14.8 Å². The smallest absolute Gasteiger partial charge is 0.255 e. The van der Waals surface area contributed by atoms with Crippen molar-refractivity contribution in [3.63, 3.8) is 0 Å². The molecule has 3 rings (SSSR count). The van der Waals surface area contributed by atoms with Crippen LogP contribution in [0.25, 0.3) is 0 Å². The van der Waals surface area contributed by atoms with E-state index in [1.165, 1.54) is 0 Å². The summed E-state index contributed by atoms with van der Waals surface area (Å²) in [7, 11) is 1.78. The highest BCUT2D eigenvalue weighted by molar-refractivity contribution is 7.99. The van der Waals surface area contributed by atoms with Crippen LogP contribution in [0, 0.1) is 0 Å². The number of nitrogens with zero attached hydrogens (tertiary/aromatic N) is 3. The molecule has 5 heteroatoms. The van der Waals surface area contributed by atoms with E-state index < -0.39 is 0 Å². The molecule has 0 bridgehead atoms. The fourth-order valence-electron chi connectivity index (χ4n) is 2.28. The third-order valence-corrected chi connectivity index (χ3v) is 4.53. The van der Waals surface area contributed by atoms with E-state index in [4.69, 9.17) is 0 Å². The van der Waals surface area contributed by atoms with Crippen molar-refractivity contribution in [3.05, 3.63) is 84.4 Å². The minimum absolute atomic E-state index is 0.0281. The first kappa shape index (κ1) is 16.2. The predicted octanol–water partition coefficient (Wildman–Crippen LogP) is 3.90. The van der Waals surface area contributed by atoms with Crippen LogP contribution in [0.1, 0.15) is 16.1 Å². The van der Waals surface area contributed by atoms with Gasteiger partial charge in [0.15, 0.2) is 0 Å². The summed E-state index contributed by atoms with van der Waals surface area (Å²) in [4.78, 5) is 24.8. The average Bonchev–Trinajstić information content (AvgIpc) is 2.63. The molecular weight excluding hydrogens is 318 g/mol. The van der Waals surface area contributed by atoms with Crippen molar-refractivity contribution in [2.24, 2.45) is 0 Å². The van der Waals surface area contributed by atoms with Gasteiger partial charge in [0.2, 0.25) is 0 Å². The predicted molar refractivity (Wildman–Crippen MR) is 94.8 cm³/mol. The van der Waals surface area contributed by atoms with Crippen LogP contribution < -0.4 is 0 Å². The van der Waals surface area contributed by atoms with Gasteiger partial charge in [0, 0.05) is 29.2 Å². The summed E-state index contributed by atoms with van der Waals surface area (Å²) in [6.07, 6.45) is 4.93. The molecule has 0 aliphatic rings. The first-order chi connectivity index (χ1) is 11.7. The molecule has 0 radical (unpaired) electrons. The Kier molecular flexibility index (Phi) is 5.23. The average molecular weight is 335 g/mol. The fraction of sp³-hybridized carbons (Fsp3) is 0.105. The summed E-state index contributed by atoms with van der Waals surface area (Å²) in [5.41, 5.74) is 1.46. The molecule has 0 saturated heterocycles. The summed E-state index contributed by atoms with van der Waals surface area (Å²) >= 11 is 1.59. The molecule has 0 spiro atoms. The van der Waals surface area contributed by atoms with Crippen molar-refractivity contribution >= 4 is 17.7 Å². The molecule has 0 aliphatic heterocycles. The standard InChI is InChI=1S/C19H17N3OS/c1-22(14-15-13-20-11-12-21-15)19(23)17-9-5-6-10-18(17)24-16-7-3-2-4-8-16/h2-13H,14H2,1H3. The van der Waals surface area contributed by atoms with Crippen LogP contribution in [-0.4, -0.2) is 27.8 Å². The number of carbonyl (C=O) groups excluding carboxylic acids is 1. The van der Waals surface area contributed by atoms with Gasteiger partial charge in [0.05, 0.1) is 24.0 Å². The van der Waals surface area contributed by atoms with Crippen LogP contribution in [0.15, 0.2) is 83.0 Å². The Morgan fingerprint density at radius 1 is 1.04 bits per heavy atom. The molecule has 0 aliphatic carbocycles. The number of aromatic nitrogens is 2. The van der Waals surface area contributed by atoms with Crippen LogP contribution >= 0.6 is 11.8 Å². The zero-order valence-electron chi connectivity index (χ0n) is 13.3. The van der Waals surface area contributed by atoms with Gasteiger partial charge in [-0.05, 0) is 24.3 Å². The molecule has 2 aromatic carbocycles. The quantitative estimate of drug-likeness (QED) is 0.709. The van der Waals surface area contributed by atoms with E-state index in [1.807, 2.05) is 54.6 Å². The Hall–Kier alpha value is -2.66. The number of hydrogen-bond donors (Lipinski definition) is 0. The molecule has 120 valence electrons. The summed E-state index contributed by atoms with van der Waals surface area (Å²) in [6, 6.07) is 17.7. The molecule has 4 nitrogen and oxygen atoms in total. The Balaban J connectivity index is 1.79. The second-order valence-electron chi connectivity index (χ2n) is 5.27. The number of hydrogen-bond acceptors (Lipinski definition) is 4. The van der Waals surface area contributed by atoms with Gasteiger partial charge >= 0.3 is 0 Å². The lowest BCUT2D eigenvalue weighted by Gasteiger charge is -2.18. The van der Waals surface area contributed by atoms with Crippen molar-refractivity contribution in [2.45, 2.75) is 16.3 Å². The Morgan fingerprint density at radius 3 is 2.54 bits per heavy atom. The van der Waals surface area contributed by atoms with E-state index in [-0.39, 0.29) is 5.91 Å². The summed E-state index contributed by atoms with van der Waals surface area (Å²) in [5, 5.41) is 0. The van der Waals surface area contributed by atoms with E-state index in [0.717, 1.165) is 15.5 Å². The normalized spacial score (nSPS) is 10.4. The highest BCUT2D eigenvalue weighted by Gasteiger charge is 2.16. The first-order valence-electron chi connectivity index (χ1n) is 7.56. The molecule has 24 heavy (non-hydrogen) atoms. The molecule has 1 aromatic heterocycles.